The first-order chi connectivity index (χ1) is 10.2. The Morgan fingerprint density at radius 2 is 2.14 bits per heavy atom. The lowest BCUT2D eigenvalue weighted by molar-refractivity contribution is 0.502. The van der Waals surface area contributed by atoms with Crippen molar-refractivity contribution in [3.63, 3.8) is 0 Å². The normalized spacial score (nSPS) is 22.7. The van der Waals surface area contributed by atoms with Crippen molar-refractivity contribution in [1.29, 1.82) is 0 Å². The molecule has 2 atom stereocenters. The zero-order valence-corrected chi connectivity index (χ0v) is 12.4. The van der Waals surface area contributed by atoms with Gasteiger partial charge in [0.1, 0.15) is 5.82 Å². The number of nitrogen functional groups attached to an aromatic ring is 1. The Hall–Kier alpha value is -2.11. The molecule has 6 nitrogen and oxygen atoms in total. The summed E-state index contributed by atoms with van der Waals surface area (Å²) < 4.78 is 1.69. The summed E-state index contributed by atoms with van der Waals surface area (Å²) in [6.45, 7) is 2.33. The highest BCUT2D eigenvalue weighted by Crippen LogP contribution is 2.25. The van der Waals surface area contributed by atoms with Gasteiger partial charge in [-0.25, -0.2) is 4.68 Å². The maximum absolute atomic E-state index is 5.82. The van der Waals surface area contributed by atoms with E-state index in [1.165, 1.54) is 32.1 Å². The maximum atomic E-state index is 5.82. The number of hydrogen-bond donors (Lipinski definition) is 2. The average Bonchev–Trinajstić information content (AvgIpc) is 2.91. The predicted molar refractivity (Wildman–Crippen MR) is 83.2 cm³/mol. The SMILES string of the molecule is CC1CCCC(Nc2cc(-n3cccn3)nc(N)n2)CC1. The zero-order chi connectivity index (χ0) is 14.7. The molecule has 2 aromatic heterocycles. The van der Waals surface area contributed by atoms with Gasteiger partial charge in [-0.3, -0.25) is 0 Å². The minimum absolute atomic E-state index is 0.271. The monoisotopic (exact) mass is 286 g/mol. The van der Waals surface area contributed by atoms with Crippen molar-refractivity contribution < 1.29 is 0 Å². The molecule has 1 aliphatic rings. The Morgan fingerprint density at radius 3 is 2.95 bits per heavy atom. The molecule has 112 valence electrons. The summed E-state index contributed by atoms with van der Waals surface area (Å²) in [7, 11) is 0. The Balaban J connectivity index is 1.76. The van der Waals surface area contributed by atoms with E-state index < -0.39 is 0 Å². The molecule has 0 bridgehead atoms. The van der Waals surface area contributed by atoms with Crippen molar-refractivity contribution in [2.75, 3.05) is 11.1 Å². The number of nitrogens with one attached hydrogen (secondary N) is 1. The number of nitrogens with two attached hydrogens (primary N) is 1. The molecule has 21 heavy (non-hydrogen) atoms. The largest absolute Gasteiger partial charge is 0.368 e. The second-order valence-electron chi connectivity index (χ2n) is 5.87. The highest BCUT2D eigenvalue weighted by molar-refractivity contribution is 5.46. The highest BCUT2D eigenvalue weighted by Gasteiger charge is 2.17. The lowest BCUT2D eigenvalue weighted by Gasteiger charge is -2.17. The van der Waals surface area contributed by atoms with E-state index in [0.29, 0.717) is 11.9 Å². The molecule has 1 saturated carbocycles. The van der Waals surface area contributed by atoms with Gasteiger partial charge >= 0.3 is 0 Å². The first kappa shape index (κ1) is 13.9. The van der Waals surface area contributed by atoms with Crippen LogP contribution in [0.4, 0.5) is 11.8 Å². The first-order valence-electron chi connectivity index (χ1n) is 7.62. The minimum atomic E-state index is 0.271. The average molecular weight is 286 g/mol. The Bertz CT molecular complexity index is 580. The lowest BCUT2D eigenvalue weighted by atomic mass is 10.0. The van der Waals surface area contributed by atoms with E-state index in [4.69, 9.17) is 5.73 Å². The molecule has 0 spiro atoms. The molecule has 1 fully saturated rings. The second kappa shape index (κ2) is 6.11. The van der Waals surface area contributed by atoms with Gasteiger partial charge in [-0.2, -0.15) is 15.1 Å². The van der Waals surface area contributed by atoms with Crippen LogP contribution in [-0.2, 0) is 0 Å². The van der Waals surface area contributed by atoms with Crippen LogP contribution in [-0.4, -0.2) is 25.8 Å². The van der Waals surface area contributed by atoms with E-state index in [-0.39, 0.29) is 5.95 Å². The summed E-state index contributed by atoms with van der Waals surface area (Å²) in [5, 5.41) is 7.70. The molecule has 3 rings (SSSR count). The molecule has 6 heteroatoms. The van der Waals surface area contributed by atoms with Crippen LogP contribution in [0.15, 0.2) is 24.5 Å². The number of hydrogen-bond acceptors (Lipinski definition) is 5. The van der Waals surface area contributed by atoms with Crippen LogP contribution < -0.4 is 11.1 Å². The quantitative estimate of drug-likeness (QED) is 0.848. The molecule has 2 unspecified atom stereocenters. The fourth-order valence-electron chi connectivity index (χ4n) is 2.89. The third-order valence-electron chi connectivity index (χ3n) is 4.08. The van der Waals surface area contributed by atoms with Crippen LogP contribution in [0.2, 0.25) is 0 Å². The van der Waals surface area contributed by atoms with Crippen LogP contribution in [0, 0.1) is 5.92 Å². The van der Waals surface area contributed by atoms with E-state index >= 15 is 0 Å². The van der Waals surface area contributed by atoms with Gasteiger partial charge in [-0.15, -0.1) is 0 Å². The van der Waals surface area contributed by atoms with Crippen molar-refractivity contribution in [2.24, 2.45) is 5.92 Å². The molecule has 0 amide bonds. The highest BCUT2D eigenvalue weighted by atomic mass is 15.3. The Kier molecular flexibility index (Phi) is 4.03. The number of nitrogens with zero attached hydrogens (tertiary/aromatic N) is 4. The van der Waals surface area contributed by atoms with Gasteiger partial charge < -0.3 is 11.1 Å². The summed E-state index contributed by atoms with van der Waals surface area (Å²) in [5.74, 6) is 2.57. The Labute approximate surface area is 124 Å². The zero-order valence-electron chi connectivity index (χ0n) is 12.4. The fourth-order valence-corrected chi connectivity index (χ4v) is 2.89. The van der Waals surface area contributed by atoms with Crippen LogP contribution in [0.5, 0.6) is 0 Å². The summed E-state index contributed by atoms with van der Waals surface area (Å²) in [6, 6.07) is 4.23. The minimum Gasteiger partial charge on any atom is -0.368 e. The summed E-state index contributed by atoms with van der Waals surface area (Å²) in [4.78, 5) is 8.53. The van der Waals surface area contributed by atoms with Crippen molar-refractivity contribution in [3.05, 3.63) is 24.5 Å². The summed E-state index contributed by atoms with van der Waals surface area (Å²) >= 11 is 0. The number of anilines is 2. The van der Waals surface area contributed by atoms with E-state index in [0.717, 1.165) is 11.7 Å². The predicted octanol–water partition coefficient (Wildman–Crippen LogP) is 2.63. The second-order valence-corrected chi connectivity index (χ2v) is 5.87. The lowest BCUT2D eigenvalue weighted by Crippen LogP contribution is -2.20. The molecule has 3 N–H and O–H groups in total. The smallest absolute Gasteiger partial charge is 0.224 e. The van der Waals surface area contributed by atoms with Gasteiger partial charge in [0.15, 0.2) is 5.82 Å². The molecule has 2 aromatic rings. The molecule has 0 radical (unpaired) electrons. The van der Waals surface area contributed by atoms with Crippen LogP contribution in [0.3, 0.4) is 0 Å². The van der Waals surface area contributed by atoms with Gasteiger partial charge in [-0.1, -0.05) is 19.8 Å². The van der Waals surface area contributed by atoms with Crippen LogP contribution in [0.1, 0.15) is 39.0 Å². The van der Waals surface area contributed by atoms with Gasteiger partial charge in [0, 0.05) is 24.5 Å². The van der Waals surface area contributed by atoms with Crippen LogP contribution in [0.25, 0.3) is 5.82 Å². The van der Waals surface area contributed by atoms with Gasteiger partial charge in [-0.05, 0) is 31.2 Å². The molecule has 0 aliphatic heterocycles. The third-order valence-corrected chi connectivity index (χ3v) is 4.08. The number of aromatic nitrogens is 4. The van der Waals surface area contributed by atoms with E-state index in [9.17, 15) is 0 Å². The molecule has 0 saturated heterocycles. The van der Waals surface area contributed by atoms with Gasteiger partial charge in [0.05, 0.1) is 0 Å². The van der Waals surface area contributed by atoms with Gasteiger partial charge in [0.2, 0.25) is 5.95 Å². The third kappa shape index (κ3) is 3.51. The van der Waals surface area contributed by atoms with Crippen molar-refractivity contribution >= 4 is 11.8 Å². The maximum Gasteiger partial charge on any atom is 0.224 e. The van der Waals surface area contributed by atoms with Crippen molar-refractivity contribution in [1.82, 2.24) is 19.7 Å². The molecular formula is C15H22N6. The molecular weight excluding hydrogens is 264 g/mol. The molecule has 0 aromatic carbocycles. The van der Waals surface area contributed by atoms with Gasteiger partial charge in [0.25, 0.3) is 0 Å². The van der Waals surface area contributed by atoms with Crippen LogP contribution >= 0.6 is 0 Å². The summed E-state index contributed by atoms with van der Waals surface area (Å²) in [6.07, 6.45) is 9.79. The number of rotatable bonds is 3. The topological polar surface area (TPSA) is 81.7 Å². The first-order valence-corrected chi connectivity index (χ1v) is 7.62. The van der Waals surface area contributed by atoms with Crippen molar-refractivity contribution in [2.45, 2.75) is 45.1 Å². The van der Waals surface area contributed by atoms with E-state index in [1.807, 2.05) is 18.3 Å². The molecule has 1 aliphatic carbocycles. The fraction of sp³-hybridized carbons (Fsp3) is 0.533. The summed E-state index contributed by atoms with van der Waals surface area (Å²) in [5.41, 5.74) is 5.82. The van der Waals surface area contributed by atoms with E-state index in [1.54, 1.807) is 10.9 Å². The Morgan fingerprint density at radius 1 is 1.24 bits per heavy atom. The standard InChI is InChI=1S/C15H22N6/c1-11-4-2-5-12(7-6-11)18-13-10-14(20-15(16)19-13)21-9-3-8-17-21/h3,8-12H,2,4-7H2,1H3,(H3,16,18,19,20). The van der Waals surface area contributed by atoms with Crippen molar-refractivity contribution in [3.8, 4) is 5.82 Å². The van der Waals surface area contributed by atoms with E-state index in [2.05, 4.69) is 27.3 Å². The molecule has 2 heterocycles.